The van der Waals surface area contributed by atoms with Crippen molar-refractivity contribution in [1.29, 1.82) is 0 Å². The Bertz CT molecular complexity index is 37.1. The Balaban J connectivity index is 2.83. The van der Waals surface area contributed by atoms with Gasteiger partial charge in [-0.15, -0.1) is 0 Å². The Hall–Kier alpha value is -0.0800. The van der Waals surface area contributed by atoms with Gasteiger partial charge in [0.05, 0.1) is 0 Å². The Morgan fingerprint density at radius 1 is 1.57 bits per heavy atom. The SMILES string of the molecule is CCCC([O])C[O]. The summed E-state index contributed by atoms with van der Waals surface area (Å²) in [5, 5.41) is 19.9. The molecule has 0 rings (SSSR count). The van der Waals surface area contributed by atoms with Crippen molar-refractivity contribution in [1.82, 2.24) is 0 Å². The lowest BCUT2D eigenvalue weighted by molar-refractivity contribution is 0.00228. The first-order chi connectivity index (χ1) is 3.31. The minimum absolute atomic E-state index is 0.464. The van der Waals surface area contributed by atoms with Gasteiger partial charge < -0.3 is 0 Å². The Kier molecular flexibility index (Phi) is 4.04. The third-order valence-corrected chi connectivity index (χ3v) is 0.797. The van der Waals surface area contributed by atoms with Crippen LogP contribution in [0.3, 0.4) is 0 Å². The topological polar surface area (TPSA) is 39.8 Å². The summed E-state index contributed by atoms with van der Waals surface area (Å²) in [6, 6.07) is 0. The summed E-state index contributed by atoms with van der Waals surface area (Å²) in [6.07, 6.45) is 0.505. The van der Waals surface area contributed by atoms with E-state index < -0.39 is 12.7 Å². The molecule has 0 N–H and O–H groups in total. The van der Waals surface area contributed by atoms with E-state index in [4.69, 9.17) is 0 Å². The van der Waals surface area contributed by atoms with E-state index in [1.807, 2.05) is 6.92 Å². The molecule has 1 atom stereocenters. The highest BCUT2D eigenvalue weighted by Crippen LogP contribution is 1.93. The second kappa shape index (κ2) is 4.09. The van der Waals surface area contributed by atoms with Crippen LogP contribution in [0.25, 0.3) is 0 Å². The van der Waals surface area contributed by atoms with E-state index in [2.05, 4.69) is 0 Å². The van der Waals surface area contributed by atoms with Gasteiger partial charge in [-0.25, -0.2) is 10.2 Å². The molecule has 0 aliphatic rings. The fraction of sp³-hybridized carbons (Fsp3) is 1.00. The van der Waals surface area contributed by atoms with Gasteiger partial charge in [0, 0.05) is 0 Å². The smallest absolute Gasteiger partial charge is 0.119 e. The highest BCUT2D eigenvalue weighted by molar-refractivity contribution is 4.47. The fourth-order valence-corrected chi connectivity index (χ4v) is 0.405. The van der Waals surface area contributed by atoms with Gasteiger partial charge in [-0.05, 0) is 6.42 Å². The second-order valence-electron chi connectivity index (χ2n) is 1.58. The predicted molar refractivity (Wildman–Crippen MR) is 24.9 cm³/mol. The fourth-order valence-electron chi connectivity index (χ4n) is 0.405. The van der Waals surface area contributed by atoms with Crippen LogP contribution in [0.15, 0.2) is 0 Å². The van der Waals surface area contributed by atoms with E-state index >= 15 is 0 Å². The molecule has 2 radical (unpaired) electrons. The molecule has 0 aromatic carbocycles. The van der Waals surface area contributed by atoms with Crippen LogP contribution in [-0.2, 0) is 10.2 Å². The van der Waals surface area contributed by atoms with Crippen molar-refractivity contribution in [3.63, 3.8) is 0 Å². The normalized spacial score (nSPS) is 14.1. The summed E-state index contributed by atoms with van der Waals surface area (Å²) in [5.41, 5.74) is 0. The van der Waals surface area contributed by atoms with Gasteiger partial charge in [0.1, 0.15) is 12.7 Å². The molecule has 2 heteroatoms. The predicted octanol–water partition coefficient (Wildman–Crippen LogP) is 1.02. The lowest BCUT2D eigenvalue weighted by Crippen LogP contribution is -2.07. The van der Waals surface area contributed by atoms with Gasteiger partial charge in [0.25, 0.3) is 0 Å². The molecule has 0 fully saturated rings. The molecule has 7 heavy (non-hydrogen) atoms. The standard InChI is InChI=1S/C5H10O2/c1-2-3-5(7)4-6/h5H,2-4H2,1H3. The van der Waals surface area contributed by atoms with Crippen molar-refractivity contribution in [2.75, 3.05) is 6.61 Å². The molecular weight excluding hydrogens is 92.1 g/mol. The van der Waals surface area contributed by atoms with Crippen molar-refractivity contribution in [2.45, 2.75) is 25.9 Å². The van der Waals surface area contributed by atoms with Crippen molar-refractivity contribution < 1.29 is 10.2 Å². The van der Waals surface area contributed by atoms with E-state index in [1.54, 1.807) is 0 Å². The van der Waals surface area contributed by atoms with Crippen molar-refractivity contribution in [2.24, 2.45) is 0 Å². The molecule has 42 valence electrons. The molecule has 0 amide bonds. The Morgan fingerprint density at radius 2 is 2.14 bits per heavy atom. The average Bonchev–Trinajstić information content (AvgIpc) is 1.68. The Labute approximate surface area is 43.8 Å². The van der Waals surface area contributed by atoms with Gasteiger partial charge >= 0.3 is 0 Å². The zero-order chi connectivity index (χ0) is 5.70. The molecular formula is C5H10O2. The van der Waals surface area contributed by atoms with Crippen LogP contribution in [0.2, 0.25) is 0 Å². The largest absolute Gasteiger partial charge is 0.234 e. The number of hydrogen-bond acceptors (Lipinski definition) is 0. The summed E-state index contributed by atoms with van der Waals surface area (Å²) in [5.74, 6) is 0. The average molecular weight is 102 g/mol. The maximum absolute atomic E-state index is 10.2. The number of rotatable bonds is 3. The summed E-state index contributed by atoms with van der Waals surface area (Å²) >= 11 is 0. The molecule has 0 aromatic heterocycles. The first-order valence-corrected chi connectivity index (χ1v) is 2.55. The molecule has 0 saturated heterocycles. The quantitative estimate of drug-likeness (QED) is 0.510. The molecule has 0 aliphatic heterocycles. The van der Waals surface area contributed by atoms with Crippen LogP contribution in [0.4, 0.5) is 0 Å². The first kappa shape index (κ1) is 6.92. The van der Waals surface area contributed by atoms with Crippen LogP contribution in [0, 0.1) is 0 Å². The maximum Gasteiger partial charge on any atom is 0.119 e. The minimum Gasteiger partial charge on any atom is -0.234 e. The Morgan fingerprint density at radius 3 is 2.29 bits per heavy atom. The van der Waals surface area contributed by atoms with Crippen LogP contribution in [-0.4, -0.2) is 12.7 Å². The van der Waals surface area contributed by atoms with Gasteiger partial charge in [-0.1, -0.05) is 13.3 Å². The summed E-state index contributed by atoms with van der Waals surface area (Å²) in [6.45, 7) is 1.44. The van der Waals surface area contributed by atoms with Crippen LogP contribution < -0.4 is 0 Å². The van der Waals surface area contributed by atoms with Gasteiger partial charge in [0.2, 0.25) is 0 Å². The highest BCUT2D eigenvalue weighted by Gasteiger charge is 2.00. The summed E-state index contributed by atoms with van der Waals surface area (Å²) in [7, 11) is 0. The summed E-state index contributed by atoms with van der Waals surface area (Å²) in [4.78, 5) is 0. The third kappa shape index (κ3) is 3.76. The molecule has 0 saturated carbocycles. The first-order valence-electron chi connectivity index (χ1n) is 2.55. The van der Waals surface area contributed by atoms with E-state index in [0.29, 0.717) is 6.42 Å². The molecule has 0 heterocycles. The molecule has 0 aromatic rings. The summed E-state index contributed by atoms with van der Waals surface area (Å²) < 4.78 is 0. The zero-order valence-corrected chi connectivity index (χ0v) is 4.52. The van der Waals surface area contributed by atoms with Crippen LogP contribution in [0.5, 0.6) is 0 Å². The van der Waals surface area contributed by atoms with Gasteiger partial charge in [-0.2, -0.15) is 0 Å². The monoisotopic (exact) mass is 102 g/mol. The van der Waals surface area contributed by atoms with Crippen molar-refractivity contribution >= 4 is 0 Å². The molecule has 0 spiro atoms. The lowest BCUT2D eigenvalue weighted by Gasteiger charge is -1.96. The van der Waals surface area contributed by atoms with Crippen molar-refractivity contribution in [3.8, 4) is 0 Å². The minimum atomic E-state index is -0.856. The van der Waals surface area contributed by atoms with E-state index in [0.717, 1.165) is 6.42 Å². The number of hydrogen-bond donors (Lipinski definition) is 0. The van der Waals surface area contributed by atoms with Crippen molar-refractivity contribution in [3.05, 3.63) is 0 Å². The van der Waals surface area contributed by atoms with E-state index in [-0.39, 0.29) is 0 Å². The molecule has 2 nitrogen and oxygen atoms in total. The lowest BCUT2D eigenvalue weighted by atomic mass is 10.2. The molecule has 1 unspecified atom stereocenters. The molecule has 0 bridgehead atoms. The second-order valence-corrected chi connectivity index (χ2v) is 1.58. The van der Waals surface area contributed by atoms with E-state index in [9.17, 15) is 10.2 Å². The highest BCUT2D eigenvalue weighted by atomic mass is 16.3. The van der Waals surface area contributed by atoms with Gasteiger partial charge in [0.15, 0.2) is 0 Å². The molecule has 0 aliphatic carbocycles. The maximum atomic E-state index is 10.2. The van der Waals surface area contributed by atoms with Crippen LogP contribution >= 0.6 is 0 Å². The van der Waals surface area contributed by atoms with E-state index in [1.165, 1.54) is 0 Å². The third-order valence-electron chi connectivity index (χ3n) is 0.797. The van der Waals surface area contributed by atoms with Gasteiger partial charge in [-0.3, -0.25) is 0 Å². The van der Waals surface area contributed by atoms with Crippen LogP contribution in [0.1, 0.15) is 19.8 Å². The zero-order valence-electron chi connectivity index (χ0n) is 4.52.